The highest BCUT2D eigenvalue weighted by atomic mass is 16.4. The molecule has 21 heavy (non-hydrogen) atoms. The Morgan fingerprint density at radius 2 is 1.86 bits per heavy atom. The van der Waals surface area contributed by atoms with E-state index in [4.69, 9.17) is 0 Å². The maximum Gasteiger partial charge on any atom is 0.335 e. The number of benzene rings is 2. The van der Waals surface area contributed by atoms with Crippen LogP contribution in [0.3, 0.4) is 0 Å². The lowest BCUT2D eigenvalue weighted by molar-refractivity contribution is 0.0696. The first kappa shape index (κ1) is 15.0. The van der Waals surface area contributed by atoms with Gasteiger partial charge in [0.15, 0.2) is 0 Å². The highest BCUT2D eigenvalue weighted by molar-refractivity contribution is 5.89. The molecule has 0 aliphatic carbocycles. The van der Waals surface area contributed by atoms with Crippen molar-refractivity contribution in [3.63, 3.8) is 0 Å². The van der Waals surface area contributed by atoms with Crippen LogP contribution in [0.4, 0.5) is 0 Å². The molecule has 0 radical (unpaired) electrons. The average Bonchev–Trinajstić information content (AvgIpc) is 2.48. The van der Waals surface area contributed by atoms with Crippen LogP contribution in [-0.4, -0.2) is 22.8 Å². The fourth-order valence-electron chi connectivity index (χ4n) is 2.26. The number of carboxylic acids is 1. The van der Waals surface area contributed by atoms with Gasteiger partial charge in [0.25, 0.3) is 0 Å². The van der Waals surface area contributed by atoms with Crippen LogP contribution in [0.1, 0.15) is 27.0 Å². The van der Waals surface area contributed by atoms with Crippen LogP contribution in [0.5, 0.6) is 0 Å². The smallest absolute Gasteiger partial charge is 0.335 e. The van der Waals surface area contributed by atoms with Gasteiger partial charge in [-0.1, -0.05) is 54.1 Å². The van der Waals surface area contributed by atoms with E-state index in [-0.39, 0.29) is 6.61 Å². The Hall–Kier alpha value is -2.39. The fraction of sp³-hybridized carbons (Fsp3) is 0.167. The Morgan fingerprint density at radius 3 is 2.48 bits per heavy atom. The van der Waals surface area contributed by atoms with Gasteiger partial charge in [-0.2, -0.15) is 0 Å². The molecular weight excluding hydrogens is 264 g/mol. The van der Waals surface area contributed by atoms with Crippen LogP contribution in [0.25, 0.3) is 5.57 Å². The molecule has 3 heteroatoms. The molecule has 0 heterocycles. The second kappa shape index (κ2) is 6.86. The summed E-state index contributed by atoms with van der Waals surface area (Å²) in [4.78, 5) is 11.2. The van der Waals surface area contributed by atoms with Crippen molar-refractivity contribution in [3.05, 3.63) is 76.9 Å². The summed E-state index contributed by atoms with van der Waals surface area (Å²) < 4.78 is 0. The minimum Gasteiger partial charge on any atom is -0.478 e. The summed E-state index contributed by atoms with van der Waals surface area (Å²) in [6.45, 7) is 1.86. The molecule has 0 spiro atoms. The monoisotopic (exact) mass is 282 g/mol. The average molecular weight is 282 g/mol. The molecule has 0 fully saturated rings. The van der Waals surface area contributed by atoms with Crippen molar-refractivity contribution in [2.75, 3.05) is 6.61 Å². The van der Waals surface area contributed by atoms with Crippen molar-refractivity contribution < 1.29 is 15.0 Å². The van der Waals surface area contributed by atoms with Gasteiger partial charge in [-0.25, -0.2) is 4.79 Å². The number of hydrogen-bond acceptors (Lipinski definition) is 2. The number of aliphatic hydroxyl groups is 1. The highest BCUT2D eigenvalue weighted by Crippen LogP contribution is 2.18. The molecular formula is C18H18O3. The Bertz CT molecular complexity index is 657. The third kappa shape index (κ3) is 3.80. The summed E-state index contributed by atoms with van der Waals surface area (Å²) in [7, 11) is 0. The number of aryl methyl sites for hydroxylation is 1. The van der Waals surface area contributed by atoms with E-state index in [2.05, 4.69) is 0 Å². The molecule has 0 atom stereocenters. The summed E-state index contributed by atoms with van der Waals surface area (Å²) in [5.41, 5.74) is 3.83. The van der Waals surface area contributed by atoms with Gasteiger partial charge < -0.3 is 10.2 Å². The molecule has 0 aliphatic rings. The molecule has 2 N–H and O–H groups in total. The number of hydrogen-bond donors (Lipinski definition) is 2. The quantitative estimate of drug-likeness (QED) is 0.884. The van der Waals surface area contributed by atoms with E-state index in [9.17, 15) is 15.0 Å². The van der Waals surface area contributed by atoms with Crippen LogP contribution in [0, 0.1) is 6.92 Å². The van der Waals surface area contributed by atoms with Crippen LogP contribution < -0.4 is 0 Å². The number of rotatable bonds is 5. The van der Waals surface area contributed by atoms with Crippen molar-refractivity contribution >= 4 is 11.5 Å². The Balaban J connectivity index is 2.31. The molecule has 0 amide bonds. The van der Waals surface area contributed by atoms with Crippen molar-refractivity contribution in [1.29, 1.82) is 0 Å². The topological polar surface area (TPSA) is 57.5 Å². The van der Waals surface area contributed by atoms with Crippen molar-refractivity contribution in [1.82, 2.24) is 0 Å². The molecule has 0 unspecified atom stereocenters. The van der Waals surface area contributed by atoms with E-state index >= 15 is 0 Å². The first-order valence-corrected chi connectivity index (χ1v) is 6.80. The third-order valence-electron chi connectivity index (χ3n) is 3.37. The second-order valence-corrected chi connectivity index (χ2v) is 4.92. The van der Waals surface area contributed by atoms with E-state index in [0.29, 0.717) is 12.0 Å². The molecule has 108 valence electrons. The summed E-state index contributed by atoms with van der Waals surface area (Å²) in [5.74, 6) is -0.927. The van der Waals surface area contributed by atoms with E-state index in [0.717, 1.165) is 22.3 Å². The normalized spacial score (nSPS) is 11.4. The van der Waals surface area contributed by atoms with E-state index in [1.807, 2.05) is 49.4 Å². The minimum absolute atomic E-state index is 0.0712. The predicted octanol–water partition coefficient (Wildman–Crippen LogP) is 3.31. The molecule has 0 saturated carbocycles. The Labute approximate surface area is 124 Å². The van der Waals surface area contributed by atoms with Crippen LogP contribution in [0.15, 0.2) is 54.6 Å². The lowest BCUT2D eigenvalue weighted by Crippen LogP contribution is -2.02. The zero-order valence-electron chi connectivity index (χ0n) is 11.9. The van der Waals surface area contributed by atoms with Crippen LogP contribution in [-0.2, 0) is 6.42 Å². The maximum atomic E-state index is 11.2. The molecule has 0 aliphatic heterocycles. The van der Waals surface area contributed by atoms with Gasteiger partial charge in [0, 0.05) is 0 Å². The molecule has 0 aromatic heterocycles. The zero-order chi connectivity index (χ0) is 15.2. The third-order valence-corrected chi connectivity index (χ3v) is 3.37. The summed E-state index contributed by atoms with van der Waals surface area (Å²) >= 11 is 0. The lowest BCUT2D eigenvalue weighted by atomic mass is 9.98. The van der Waals surface area contributed by atoms with E-state index in [1.165, 1.54) is 0 Å². The predicted molar refractivity (Wildman–Crippen MR) is 83.3 cm³/mol. The zero-order valence-corrected chi connectivity index (χ0v) is 11.9. The Morgan fingerprint density at radius 1 is 1.14 bits per heavy atom. The van der Waals surface area contributed by atoms with Crippen molar-refractivity contribution in [2.24, 2.45) is 0 Å². The van der Waals surface area contributed by atoms with Gasteiger partial charge in [0.1, 0.15) is 0 Å². The molecule has 2 rings (SSSR count). The van der Waals surface area contributed by atoms with Gasteiger partial charge in [-0.3, -0.25) is 0 Å². The molecule has 2 aromatic carbocycles. The van der Waals surface area contributed by atoms with Gasteiger partial charge in [0.05, 0.1) is 12.2 Å². The molecule has 0 bridgehead atoms. The van der Waals surface area contributed by atoms with Crippen molar-refractivity contribution in [2.45, 2.75) is 13.3 Å². The van der Waals surface area contributed by atoms with Gasteiger partial charge in [-0.15, -0.1) is 0 Å². The standard InChI is InChI=1S/C18H18O3/c1-13-7-10-17(18(20)21)15(11-13)8-9-16(12-19)14-5-3-2-4-6-14/h2-7,9-11,19H,8,12H2,1H3,(H,20,21). The first-order valence-electron chi connectivity index (χ1n) is 6.80. The lowest BCUT2D eigenvalue weighted by Gasteiger charge is -2.08. The molecule has 2 aromatic rings. The van der Waals surface area contributed by atoms with Gasteiger partial charge in [0.2, 0.25) is 0 Å². The first-order chi connectivity index (χ1) is 10.1. The van der Waals surface area contributed by atoms with Gasteiger partial charge >= 0.3 is 5.97 Å². The number of aliphatic hydroxyl groups excluding tert-OH is 1. The van der Waals surface area contributed by atoms with Crippen molar-refractivity contribution in [3.8, 4) is 0 Å². The molecule has 0 saturated heterocycles. The molecule has 3 nitrogen and oxygen atoms in total. The number of carbonyl (C=O) groups is 1. The maximum absolute atomic E-state index is 11.2. The number of aromatic carboxylic acids is 1. The van der Waals surface area contributed by atoms with Gasteiger partial charge in [-0.05, 0) is 36.1 Å². The van der Waals surface area contributed by atoms with E-state index in [1.54, 1.807) is 12.1 Å². The minimum atomic E-state index is -0.927. The Kier molecular flexibility index (Phi) is 4.90. The van der Waals surface area contributed by atoms with Crippen LogP contribution >= 0.6 is 0 Å². The number of carboxylic acid groups (broad SMARTS) is 1. The summed E-state index contributed by atoms with van der Waals surface area (Å²) in [6, 6.07) is 14.9. The summed E-state index contributed by atoms with van der Waals surface area (Å²) in [5, 5.41) is 18.7. The largest absolute Gasteiger partial charge is 0.478 e. The second-order valence-electron chi connectivity index (χ2n) is 4.92. The SMILES string of the molecule is Cc1ccc(C(=O)O)c(CC=C(CO)c2ccccc2)c1. The number of allylic oxidation sites excluding steroid dienone is 1. The van der Waals surface area contributed by atoms with E-state index < -0.39 is 5.97 Å². The van der Waals surface area contributed by atoms with Crippen LogP contribution in [0.2, 0.25) is 0 Å². The fourth-order valence-corrected chi connectivity index (χ4v) is 2.26. The highest BCUT2D eigenvalue weighted by Gasteiger charge is 2.09. The summed E-state index contributed by atoms with van der Waals surface area (Å²) in [6.07, 6.45) is 2.37.